The minimum atomic E-state index is 0.0695. The monoisotopic (exact) mass is 229 g/mol. The number of carbonyl (C=O) groups is 1. The highest BCUT2D eigenvalue weighted by Gasteiger charge is 2.02. The van der Waals surface area contributed by atoms with Gasteiger partial charge in [-0.2, -0.15) is 0 Å². The predicted octanol–water partition coefficient (Wildman–Crippen LogP) is 2.63. The van der Waals surface area contributed by atoms with E-state index in [1.807, 2.05) is 36.4 Å². The van der Waals surface area contributed by atoms with Crippen LogP contribution in [0.15, 0.2) is 47.1 Å². The van der Waals surface area contributed by atoms with Gasteiger partial charge in [-0.25, -0.2) is 0 Å². The maximum absolute atomic E-state index is 11.1. The van der Waals surface area contributed by atoms with Crippen molar-refractivity contribution < 1.29 is 9.21 Å². The quantitative estimate of drug-likeness (QED) is 0.875. The topological polar surface area (TPSA) is 42.2 Å². The first-order chi connectivity index (χ1) is 8.29. The number of nitrogens with one attached hydrogen (secondary N) is 1. The third kappa shape index (κ3) is 2.97. The average Bonchev–Trinajstić information content (AvgIpc) is 2.90. The molecule has 3 nitrogen and oxygen atoms in total. The summed E-state index contributed by atoms with van der Waals surface area (Å²) in [5.41, 5.74) is 2.21. The first-order valence-electron chi connectivity index (χ1n) is 5.63. The van der Waals surface area contributed by atoms with Gasteiger partial charge in [-0.1, -0.05) is 24.3 Å². The number of aryl methyl sites for hydroxylation is 1. The average molecular weight is 229 g/mol. The molecule has 0 aliphatic heterocycles. The summed E-state index contributed by atoms with van der Waals surface area (Å²) in [7, 11) is 1.66. The number of rotatable bonds is 4. The molecule has 0 spiro atoms. The van der Waals surface area contributed by atoms with Crippen molar-refractivity contribution in [2.45, 2.75) is 12.8 Å². The van der Waals surface area contributed by atoms with Gasteiger partial charge >= 0.3 is 0 Å². The van der Waals surface area contributed by atoms with Gasteiger partial charge in [0, 0.05) is 19.0 Å². The Hall–Kier alpha value is -2.03. The van der Waals surface area contributed by atoms with Crippen LogP contribution >= 0.6 is 0 Å². The maximum Gasteiger partial charge on any atom is 0.220 e. The lowest BCUT2D eigenvalue weighted by molar-refractivity contribution is -0.120. The molecule has 0 unspecified atom stereocenters. The van der Waals surface area contributed by atoms with Gasteiger partial charge in [0.15, 0.2) is 0 Å². The zero-order chi connectivity index (χ0) is 12.1. The molecule has 17 heavy (non-hydrogen) atoms. The van der Waals surface area contributed by atoms with E-state index >= 15 is 0 Å². The summed E-state index contributed by atoms with van der Waals surface area (Å²) in [5, 5.41) is 2.62. The van der Waals surface area contributed by atoms with Gasteiger partial charge in [0.05, 0.1) is 6.26 Å². The molecule has 0 bridgehead atoms. The molecular formula is C14H15NO2. The van der Waals surface area contributed by atoms with Gasteiger partial charge in [-0.3, -0.25) is 4.79 Å². The lowest BCUT2D eigenvalue weighted by Gasteiger charge is -2.02. The minimum Gasteiger partial charge on any atom is -0.464 e. The van der Waals surface area contributed by atoms with Crippen LogP contribution in [-0.2, 0) is 11.2 Å². The second-order valence-electron chi connectivity index (χ2n) is 3.85. The molecule has 1 aromatic heterocycles. The Labute approximate surface area is 100 Å². The maximum atomic E-state index is 11.1. The summed E-state index contributed by atoms with van der Waals surface area (Å²) in [4.78, 5) is 11.1. The Balaban J connectivity index is 2.01. The summed E-state index contributed by atoms with van der Waals surface area (Å²) in [6.45, 7) is 0. The molecule has 1 amide bonds. The van der Waals surface area contributed by atoms with Gasteiger partial charge in [0.2, 0.25) is 5.91 Å². The fourth-order valence-corrected chi connectivity index (χ4v) is 1.66. The molecule has 3 heteroatoms. The fraction of sp³-hybridized carbons (Fsp3) is 0.214. The van der Waals surface area contributed by atoms with Crippen LogP contribution in [0.3, 0.4) is 0 Å². The summed E-state index contributed by atoms with van der Waals surface area (Å²) >= 11 is 0. The number of hydrogen-bond donors (Lipinski definition) is 1. The van der Waals surface area contributed by atoms with E-state index in [1.54, 1.807) is 13.3 Å². The SMILES string of the molecule is CNC(=O)CCc1ccc(-c2ccco2)cc1. The number of hydrogen-bond acceptors (Lipinski definition) is 2. The largest absolute Gasteiger partial charge is 0.464 e. The van der Waals surface area contributed by atoms with Crippen molar-refractivity contribution >= 4 is 5.91 Å². The van der Waals surface area contributed by atoms with Gasteiger partial charge in [0.25, 0.3) is 0 Å². The van der Waals surface area contributed by atoms with Gasteiger partial charge in [0.1, 0.15) is 5.76 Å². The van der Waals surface area contributed by atoms with Gasteiger partial charge in [-0.05, 0) is 24.1 Å². The number of carbonyl (C=O) groups excluding carboxylic acids is 1. The summed E-state index contributed by atoms with van der Waals surface area (Å²) in [6.07, 6.45) is 2.95. The zero-order valence-corrected chi connectivity index (χ0v) is 9.77. The van der Waals surface area contributed by atoms with Crippen LogP contribution in [0.1, 0.15) is 12.0 Å². The smallest absolute Gasteiger partial charge is 0.220 e. The van der Waals surface area contributed by atoms with Crippen LogP contribution in [0.5, 0.6) is 0 Å². The van der Waals surface area contributed by atoms with E-state index < -0.39 is 0 Å². The van der Waals surface area contributed by atoms with Crippen molar-refractivity contribution in [2.75, 3.05) is 7.05 Å². The van der Waals surface area contributed by atoms with Crippen LogP contribution in [0.4, 0.5) is 0 Å². The Morgan fingerprint density at radius 2 is 2.00 bits per heavy atom. The zero-order valence-electron chi connectivity index (χ0n) is 9.77. The molecule has 0 saturated carbocycles. The normalized spacial score (nSPS) is 10.2. The molecular weight excluding hydrogens is 214 g/mol. The van der Waals surface area contributed by atoms with Crippen LogP contribution in [0.2, 0.25) is 0 Å². The first-order valence-corrected chi connectivity index (χ1v) is 5.63. The summed E-state index contributed by atoms with van der Waals surface area (Å²) in [5.74, 6) is 0.933. The standard InChI is InChI=1S/C14H15NO2/c1-15-14(16)9-6-11-4-7-12(8-5-11)13-3-2-10-17-13/h2-5,7-8,10H,6,9H2,1H3,(H,15,16). The third-order valence-electron chi connectivity index (χ3n) is 2.68. The van der Waals surface area contributed by atoms with Gasteiger partial charge < -0.3 is 9.73 Å². The molecule has 1 aromatic carbocycles. The molecule has 2 aromatic rings. The van der Waals surface area contributed by atoms with Crippen LogP contribution in [0, 0.1) is 0 Å². The van der Waals surface area contributed by atoms with E-state index in [9.17, 15) is 4.79 Å². The molecule has 0 aliphatic carbocycles. The molecule has 0 fully saturated rings. The van der Waals surface area contributed by atoms with Crippen molar-refractivity contribution in [1.82, 2.24) is 5.32 Å². The highest BCUT2D eigenvalue weighted by atomic mass is 16.3. The number of benzene rings is 1. The molecule has 0 atom stereocenters. The molecule has 88 valence electrons. The number of amides is 1. The van der Waals surface area contributed by atoms with E-state index in [1.165, 1.54) is 0 Å². The van der Waals surface area contributed by atoms with E-state index in [4.69, 9.17) is 4.42 Å². The van der Waals surface area contributed by atoms with Crippen molar-refractivity contribution in [3.05, 3.63) is 48.2 Å². The molecule has 1 heterocycles. The van der Waals surface area contributed by atoms with E-state index in [0.717, 1.165) is 23.3 Å². The molecule has 1 N–H and O–H groups in total. The first kappa shape index (κ1) is 11.5. The second kappa shape index (κ2) is 5.34. The fourth-order valence-electron chi connectivity index (χ4n) is 1.66. The van der Waals surface area contributed by atoms with Gasteiger partial charge in [-0.15, -0.1) is 0 Å². The van der Waals surface area contributed by atoms with Crippen molar-refractivity contribution in [2.24, 2.45) is 0 Å². The van der Waals surface area contributed by atoms with Crippen molar-refractivity contribution in [1.29, 1.82) is 0 Å². The Kier molecular flexibility index (Phi) is 3.60. The van der Waals surface area contributed by atoms with Crippen LogP contribution in [0.25, 0.3) is 11.3 Å². The molecule has 0 radical (unpaired) electrons. The van der Waals surface area contributed by atoms with E-state index in [-0.39, 0.29) is 5.91 Å². The minimum absolute atomic E-state index is 0.0695. The second-order valence-corrected chi connectivity index (χ2v) is 3.85. The predicted molar refractivity (Wildman–Crippen MR) is 66.5 cm³/mol. The highest BCUT2D eigenvalue weighted by Crippen LogP contribution is 2.20. The van der Waals surface area contributed by atoms with E-state index in [2.05, 4.69) is 5.32 Å². The molecule has 2 rings (SSSR count). The third-order valence-corrected chi connectivity index (χ3v) is 2.68. The van der Waals surface area contributed by atoms with E-state index in [0.29, 0.717) is 6.42 Å². The lowest BCUT2D eigenvalue weighted by Crippen LogP contribution is -2.17. The Morgan fingerprint density at radius 1 is 1.24 bits per heavy atom. The molecule has 0 saturated heterocycles. The Morgan fingerprint density at radius 3 is 2.59 bits per heavy atom. The number of furan rings is 1. The summed E-state index contributed by atoms with van der Waals surface area (Å²) in [6, 6.07) is 11.9. The van der Waals surface area contributed by atoms with Crippen molar-refractivity contribution in [3.8, 4) is 11.3 Å². The molecule has 0 aliphatic rings. The summed E-state index contributed by atoms with van der Waals surface area (Å²) < 4.78 is 5.31. The lowest BCUT2D eigenvalue weighted by atomic mass is 10.1. The van der Waals surface area contributed by atoms with Crippen LogP contribution in [-0.4, -0.2) is 13.0 Å². The Bertz CT molecular complexity index is 471. The highest BCUT2D eigenvalue weighted by molar-refractivity contribution is 5.75. The van der Waals surface area contributed by atoms with Crippen LogP contribution < -0.4 is 5.32 Å². The van der Waals surface area contributed by atoms with Crippen molar-refractivity contribution in [3.63, 3.8) is 0 Å².